The van der Waals surface area contributed by atoms with Crippen LogP contribution in [-0.4, -0.2) is 40.3 Å². The molecule has 1 aliphatic rings. The highest BCUT2D eigenvalue weighted by Crippen LogP contribution is 2.40. The van der Waals surface area contributed by atoms with Crippen molar-refractivity contribution in [3.63, 3.8) is 0 Å². The van der Waals surface area contributed by atoms with E-state index in [-0.39, 0.29) is 17.9 Å². The Bertz CT molecular complexity index is 1490. The van der Waals surface area contributed by atoms with E-state index in [0.717, 1.165) is 16.5 Å². The molecule has 2 N–H and O–H groups in total. The van der Waals surface area contributed by atoms with Gasteiger partial charge in [0, 0.05) is 34.2 Å². The van der Waals surface area contributed by atoms with Gasteiger partial charge in [-0.25, -0.2) is 4.39 Å². The number of carbonyl (C=O) groups is 2. The molecule has 1 amide bonds. The average Bonchev–Trinajstić information content (AvgIpc) is 3.40. The van der Waals surface area contributed by atoms with Crippen molar-refractivity contribution in [1.29, 1.82) is 0 Å². The largest absolute Gasteiger partial charge is 0.507 e. The van der Waals surface area contributed by atoms with Gasteiger partial charge in [0.25, 0.3) is 11.7 Å². The minimum Gasteiger partial charge on any atom is -0.507 e. The zero-order chi connectivity index (χ0) is 25.4. The first-order valence-electron chi connectivity index (χ1n) is 11.3. The molecule has 8 heteroatoms. The van der Waals surface area contributed by atoms with Crippen LogP contribution >= 0.6 is 11.6 Å². The molecule has 0 spiro atoms. The molecule has 36 heavy (non-hydrogen) atoms. The number of hydrogen-bond acceptors (Lipinski definition) is 4. The Labute approximate surface area is 211 Å². The molecule has 1 unspecified atom stereocenters. The molecule has 1 fully saturated rings. The van der Waals surface area contributed by atoms with Gasteiger partial charge in [0.2, 0.25) is 0 Å². The first-order valence-corrected chi connectivity index (χ1v) is 11.7. The maximum absolute atomic E-state index is 13.7. The number of methoxy groups -OCH3 is 1. The molecule has 1 atom stereocenters. The minimum atomic E-state index is -0.874. The van der Waals surface area contributed by atoms with Crippen LogP contribution < -0.4 is 4.74 Å². The lowest BCUT2D eigenvalue weighted by atomic mass is 9.95. The number of ether oxygens (including phenoxy) is 1. The third kappa shape index (κ3) is 4.22. The van der Waals surface area contributed by atoms with Gasteiger partial charge in [-0.1, -0.05) is 23.7 Å². The van der Waals surface area contributed by atoms with Gasteiger partial charge in [0.15, 0.2) is 0 Å². The molecule has 6 nitrogen and oxygen atoms in total. The van der Waals surface area contributed by atoms with Gasteiger partial charge in [0.05, 0.1) is 18.7 Å². The summed E-state index contributed by atoms with van der Waals surface area (Å²) >= 11 is 5.97. The summed E-state index contributed by atoms with van der Waals surface area (Å²) in [6, 6.07) is 16.7. The third-order valence-electron chi connectivity index (χ3n) is 6.44. The molecule has 5 rings (SSSR count). The van der Waals surface area contributed by atoms with Crippen LogP contribution in [0, 0.1) is 5.82 Å². The second-order valence-corrected chi connectivity index (χ2v) is 8.96. The number of aliphatic hydroxyl groups is 1. The zero-order valence-corrected chi connectivity index (χ0v) is 20.1. The summed E-state index contributed by atoms with van der Waals surface area (Å²) in [5, 5.41) is 12.5. The van der Waals surface area contributed by atoms with E-state index in [9.17, 15) is 19.1 Å². The number of amides is 1. The van der Waals surface area contributed by atoms with Crippen molar-refractivity contribution in [2.24, 2.45) is 0 Å². The lowest BCUT2D eigenvalue weighted by molar-refractivity contribution is -0.139. The number of benzene rings is 3. The molecular formula is C28H22ClFN2O4. The Morgan fingerprint density at radius 1 is 1.08 bits per heavy atom. The first-order chi connectivity index (χ1) is 17.4. The minimum absolute atomic E-state index is 0.0467. The molecule has 4 aromatic rings. The molecular weight excluding hydrogens is 483 g/mol. The SMILES string of the molecule is COc1ccc2[nH]cc(CCN3C(=O)C(=O)/C(=C(\O)c4ccc(Cl)cc4)C3c3ccc(F)cc3)c2c1. The van der Waals surface area contributed by atoms with Gasteiger partial charge in [-0.2, -0.15) is 0 Å². The molecule has 1 aliphatic heterocycles. The lowest BCUT2D eigenvalue weighted by Crippen LogP contribution is -2.31. The maximum Gasteiger partial charge on any atom is 0.295 e. The van der Waals surface area contributed by atoms with Crippen molar-refractivity contribution in [3.8, 4) is 5.75 Å². The number of hydrogen-bond donors (Lipinski definition) is 2. The van der Waals surface area contributed by atoms with Gasteiger partial charge < -0.3 is 19.7 Å². The Morgan fingerprint density at radius 3 is 2.50 bits per heavy atom. The number of aromatic amines is 1. The van der Waals surface area contributed by atoms with Crippen molar-refractivity contribution in [1.82, 2.24) is 9.88 Å². The van der Waals surface area contributed by atoms with E-state index >= 15 is 0 Å². The highest BCUT2D eigenvalue weighted by molar-refractivity contribution is 6.46. The van der Waals surface area contributed by atoms with Crippen LogP contribution in [0.2, 0.25) is 5.02 Å². The number of halogens is 2. The Hall–Kier alpha value is -4.10. The number of Topliss-reactive ketones (excluding diaryl/α,β-unsaturated/α-hetero) is 1. The fourth-order valence-electron chi connectivity index (χ4n) is 4.60. The fourth-order valence-corrected chi connectivity index (χ4v) is 4.72. The molecule has 182 valence electrons. The van der Waals surface area contributed by atoms with Crippen LogP contribution in [0.15, 0.2) is 78.5 Å². The van der Waals surface area contributed by atoms with Crippen LogP contribution in [0.3, 0.4) is 0 Å². The summed E-state index contributed by atoms with van der Waals surface area (Å²) in [5.41, 5.74) is 2.70. The Morgan fingerprint density at radius 2 is 1.81 bits per heavy atom. The smallest absolute Gasteiger partial charge is 0.295 e. The van der Waals surface area contributed by atoms with E-state index in [1.54, 1.807) is 31.4 Å². The van der Waals surface area contributed by atoms with E-state index in [1.807, 2.05) is 24.4 Å². The number of nitrogens with zero attached hydrogens (tertiary/aromatic N) is 1. The van der Waals surface area contributed by atoms with Crippen molar-refractivity contribution >= 4 is 40.0 Å². The average molecular weight is 505 g/mol. The summed E-state index contributed by atoms with van der Waals surface area (Å²) in [4.78, 5) is 31.0. The molecule has 1 aromatic heterocycles. The molecule has 2 heterocycles. The number of ketones is 1. The van der Waals surface area contributed by atoms with Crippen LogP contribution in [0.4, 0.5) is 4.39 Å². The monoisotopic (exact) mass is 504 g/mol. The number of aromatic nitrogens is 1. The van der Waals surface area contributed by atoms with Crippen LogP contribution in [0.5, 0.6) is 5.75 Å². The summed E-state index contributed by atoms with van der Waals surface area (Å²) in [6.07, 6.45) is 2.31. The predicted octanol–water partition coefficient (Wildman–Crippen LogP) is 5.63. The predicted molar refractivity (Wildman–Crippen MR) is 135 cm³/mol. The van der Waals surface area contributed by atoms with Gasteiger partial charge in [-0.3, -0.25) is 9.59 Å². The fraction of sp³-hybridized carbons (Fsp3) is 0.143. The van der Waals surface area contributed by atoms with Crippen molar-refractivity contribution in [3.05, 3.63) is 106 Å². The van der Waals surface area contributed by atoms with Crippen molar-refractivity contribution in [2.45, 2.75) is 12.5 Å². The molecule has 1 saturated heterocycles. The molecule has 3 aromatic carbocycles. The first kappa shape index (κ1) is 23.6. The Balaban J connectivity index is 1.55. The second-order valence-electron chi connectivity index (χ2n) is 8.53. The highest BCUT2D eigenvalue weighted by Gasteiger charge is 2.45. The van der Waals surface area contributed by atoms with E-state index in [2.05, 4.69) is 4.98 Å². The molecule has 0 radical (unpaired) electrons. The molecule has 0 aliphatic carbocycles. The third-order valence-corrected chi connectivity index (χ3v) is 6.69. The lowest BCUT2D eigenvalue weighted by Gasteiger charge is -2.25. The summed E-state index contributed by atoms with van der Waals surface area (Å²) in [6.45, 7) is 0.203. The van der Waals surface area contributed by atoms with Crippen molar-refractivity contribution < 1.29 is 23.8 Å². The number of fused-ring (bicyclic) bond motifs is 1. The van der Waals surface area contributed by atoms with E-state index in [4.69, 9.17) is 16.3 Å². The van der Waals surface area contributed by atoms with E-state index < -0.39 is 23.5 Å². The maximum atomic E-state index is 13.7. The highest BCUT2D eigenvalue weighted by atomic mass is 35.5. The standard InChI is InChI=1S/C28H22ClFN2O4/c1-36-21-10-11-23-22(14-21)18(15-31-23)12-13-32-25(16-4-8-20(30)9-5-16)24(27(34)28(32)35)26(33)17-2-6-19(29)7-3-17/h2-11,14-15,25,31,33H,12-13H2,1H3/b26-24-. The molecule has 0 saturated carbocycles. The zero-order valence-electron chi connectivity index (χ0n) is 19.3. The number of H-pyrrole nitrogens is 1. The van der Waals surface area contributed by atoms with Gasteiger partial charge in [-0.15, -0.1) is 0 Å². The normalized spacial score (nSPS) is 17.2. The topological polar surface area (TPSA) is 82.6 Å². The van der Waals surface area contributed by atoms with Gasteiger partial charge >= 0.3 is 0 Å². The van der Waals surface area contributed by atoms with Crippen LogP contribution in [0.1, 0.15) is 22.7 Å². The van der Waals surface area contributed by atoms with E-state index in [1.165, 1.54) is 29.2 Å². The van der Waals surface area contributed by atoms with E-state index in [0.29, 0.717) is 28.3 Å². The summed E-state index contributed by atoms with van der Waals surface area (Å²) in [7, 11) is 1.59. The summed E-state index contributed by atoms with van der Waals surface area (Å²) < 4.78 is 19.0. The van der Waals surface area contributed by atoms with Gasteiger partial charge in [0.1, 0.15) is 17.3 Å². The van der Waals surface area contributed by atoms with Crippen LogP contribution in [-0.2, 0) is 16.0 Å². The second kappa shape index (κ2) is 9.51. The number of rotatable bonds is 6. The van der Waals surface area contributed by atoms with Gasteiger partial charge in [-0.05, 0) is 72.1 Å². The number of carbonyl (C=O) groups excluding carboxylic acids is 2. The number of aliphatic hydroxyl groups excluding tert-OH is 1. The number of nitrogens with one attached hydrogen (secondary N) is 1. The number of likely N-dealkylation sites (tertiary alicyclic amines) is 1. The van der Waals surface area contributed by atoms with Crippen LogP contribution in [0.25, 0.3) is 16.7 Å². The quantitative estimate of drug-likeness (QED) is 0.202. The molecule has 0 bridgehead atoms. The Kier molecular flexibility index (Phi) is 6.24. The van der Waals surface area contributed by atoms with Crippen molar-refractivity contribution in [2.75, 3.05) is 13.7 Å². The summed E-state index contributed by atoms with van der Waals surface area (Å²) in [5.74, 6) is -1.56.